The number of nitrogens with zero attached hydrogens (tertiary/aromatic N) is 4. The van der Waals surface area contributed by atoms with Crippen LogP contribution < -0.4 is 11.3 Å². The van der Waals surface area contributed by atoms with Crippen LogP contribution in [0.4, 0.5) is 5.82 Å². The number of hydrogen-bond donors (Lipinski definition) is 2. The number of nitrogen functional groups attached to an aromatic ring is 1. The van der Waals surface area contributed by atoms with Gasteiger partial charge in [0.05, 0.1) is 11.4 Å². The van der Waals surface area contributed by atoms with Gasteiger partial charge in [-0.3, -0.25) is 0 Å². The maximum atomic E-state index is 5.30. The molecule has 0 amide bonds. The second kappa shape index (κ2) is 3.15. The highest BCUT2D eigenvalue weighted by Crippen LogP contribution is 2.15. The predicted molar refractivity (Wildman–Crippen MR) is 52.4 cm³/mol. The summed E-state index contributed by atoms with van der Waals surface area (Å²) in [5.41, 5.74) is 5.32. The molecule has 14 heavy (non-hydrogen) atoms. The van der Waals surface area contributed by atoms with E-state index in [4.69, 9.17) is 5.84 Å². The van der Waals surface area contributed by atoms with Crippen LogP contribution in [-0.2, 0) is 0 Å². The van der Waals surface area contributed by atoms with Gasteiger partial charge >= 0.3 is 0 Å². The van der Waals surface area contributed by atoms with E-state index in [1.54, 1.807) is 0 Å². The van der Waals surface area contributed by atoms with Gasteiger partial charge in [0.15, 0.2) is 17.0 Å². The largest absolute Gasteiger partial charge is 0.306 e. The Labute approximate surface area is 80.6 Å². The molecular formula is C8H10N6. The van der Waals surface area contributed by atoms with Crippen molar-refractivity contribution in [1.29, 1.82) is 0 Å². The van der Waals surface area contributed by atoms with Gasteiger partial charge in [-0.05, 0) is 13.8 Å². The first-order valence-corrected chi connectivity index (χ1v) is 4.15. The van der Waals surface area contributed by atoms with Crippen LogP contribution in [0.1, 0.15) is 11.4 Å². The molecule has 0 spiro atoms. The molecule has 0 saturated carbocycles. The van der Waals surface area contributed by atoms with Gasteiger partial charge in [-0.1, -0.05) is 0 Å². The van der Waals surface area contributed by atoms with Gasteiger partial charge in [-0.2, -0.15) is 0 Å². The monoisotopic (exact) mass is 190 g/mol. The zero-order valence-corrected chi connectivity index (χ0v) is 7.94. The molecule has 0 unspecified atom stereocenters. The number of hydrogen-bond acceptors (Lipinski definition) is 6. The Balaban J connectivity index is 2.81. The second-order valence-corrected chi connectivity index (χ2v) is 2.93. The molecule has 2 rings (SSSR count). The van der Waals surface area contributed by atoms with Crippen LogP contribution >= 0.6 is 0 Å². The van der Waals surface area contributed by atoms with Gasteiger partial charge in [0.1, 0.15) is 6.33 Å². The smallest absolute Gasteiger partial charge is 0.183 e. The van der Waals surface area contributed by atoms with Crippen molar-refractivity contribution in [2.75, 3.05) is 5.43 Å². The highest BCUT2D eigenvalue weighted by Gasteiger charge is 2.06. The van der Waals surface area contributed by atoms with E-state index in [0.29, 0.717) is 17.0 Å². The van der Waals surface area contributed by atoms with E-state index in [1.165, 1.54) is 6.33 Å². The molecule has 0 bridgehead atoms. The quantitative estimate of drug-likeness (QED) is 0.497. The van der Waals surface area contributed by atoms with E-state index in [2.05, 4.69) is 25.4 Å². The average Bonchev–Trinajstić information content (AvgIpc) is 2.19. The first kappa shape index (κ1) is 8.76. The van der Waals surface area contributed by atoms with Crippen molar-refractivity contribution < 1.29 is 0 Å². The maximum Gasteiger partial charge on any atom is 0.183 e. The van der Waals surface area contributed by atoms with Crippen LogP contribution in [0.3, 0.4) is 0 Å². The van der Waals surface area contributed by atoms with Crippen LogP contribution in [0, 0.1) is 13.8 Å². The number of anilines is 1. The van der Waals surface area contributed by atoms with E-state index < -0.39 is 0 Å². The lowest BCUT2D eigenvalue weighted by atomic mass is 10.3. The number of aromatic nitrogens is 4. The minimum Gasteiger partial charge on any atom is -0.306 e. The fourth-order valence-electron chi connectivity index (χ4n) is 1.15. The average molecular weight is 190 g/mol. The van der Waals surface area contributed by atoms with E-state index in [0.717, 1.165) is 11.4 Å². The Kier molecular flexibility index (Phi) is 1.97. The van der Waals surface area contributed by atoms with E-state index in [-0.39, 0.29) is 0 Å². The second-order valence-electron chi connectivity index (χ2n) is 2.93. The Hall–Kier alpha value is -1.82. The third-order valence-electron chi connectivity index (χ3n) is 2.02. The summed E-state index contributed by atoms with van der Waals surface area (Å²) in [6, 6.07) is 0. The fourth-order valence-corrected chi connectivity index (χ4v) is 1.15. The van der Waals surface area contributed by atoms with Crippen molar-refractivity contribution >= 4 is 17.0 Å². The summed E-state index contributed by atoms with van der Waals surface area (Å²) in [4.78, 5) is 16.5. The summed E-state index contributed by atoms with van der Waals surface area (Å²) in [6.45, 7) is 3.77. The van der Waals surface area contributed by atoms with Crippen molar-refractivity contribution in [2.45, 2.75) is 13.8 Å². The zero-order chi connectivity index (χ0) is 10.1. The van der Waals surface area contributed by atoms with Crippen molar-refractivity contribution in [3.05, 3.63) is 17.7 Å². The molecule has 0 aliphatic heterocycles. The highest BCUT2D eigenvalue weighted by atomic mass is 15.3. The minimum absolute atomic E-state index is 0.491. The lowest BCUT2D eigenvalue weighted by molar-refractivity contribution is 1.05. The van der Waals surface area contributed by atoms with Gasteiger partial charge in [0, 0.05) is 0 Å². The molecule has 0 aromatic carbocycles. The van der Waals surface area contributed by atoms with Crippen LogP contribution in [0.15, 0.2) is 6.33 Å². The molecule has 0 saturated heterocycles. The Morgan fingerprint density at radius 2 is 1.86 bits per heavy atom. The summed E-state index contributed by atoms with van der Waals surface area (Å²) >= 11 is 0. The third kappa shape index (κ3) is 1.25. The molecule has 6 nitrogen and oxygen atoms in total. The molecule has 0 atom stereocenters. The summed E-state index contributed by atoms with van der Waals surface area (Å²) in [6.07, 6.45) is 1.40. The fraction of sp³-hybridized carbons (Fsp3) is 0.250. The van der Waals surface area contributed by atoms with Gasteiger partial charge in [0.25, 0.3) is 0 Å². The summed E-state index contributed by atoms with van der Waals surface area (Å²) in [5, 5.41) is 0. The summed E-state index contributed by atoms with van der Waals surface area (Å²) in [5.74, 6) is 5.79. The molecule has 2 aromatic rings. The highest BCUT2D eigenvalue weighted by molar-refractivity contribution is 5.81. The van der Waals surface area contributed by atoms with Crippen molar-refractivity contribution in [3.8, 4) is 0 Å². The zero-order valence-electron chi connectivity index (χ0n) is 7.94. The number of hydrazine groups is 1. The SMILES string of the molecule is Cc1nc2ncnc(NN)c2nc1C. The number of fused-ring (bicyclic) bond motifs is 1. The third-order valence-corrected chi connectivity index (χ3v) is 2.02. The van der Waals surface area contributed by atoms with Gasteiger partial charge in [0.2, 0.25) is 0 Å². The Morgan fingerprint density at radius 3 is 2.57 bits per heavy atom. The molecule has 72 valence electrons. The van der Waals surface area contributed by atoms with Crippen molar-refractivity contribution in [3.63, 3.8) is 0 Å². The standard InChI is InChI=1S/C8H10N6/c1-4-5(2)13-7-6(12-4)8(14-9)11-3-10-7/h3H,9H2,1-2H3,(H,10,11,13,14). The summed E-state index contributed by atoms with van der Waals surface area (Å²) in [7, 11) is 0. The normalized spacial score (nSPS) is 10.5. The van der Waals surface area contributed by atoms with Crippen LogP contribution in [0.2, 0.25) is 0 Å². The van der Waals surface area contributed by atoms with E-state index in [9.17, 15) is 0 Å². The van der Waals surface area contributed by atoms with E-state index in [1.807, 2.05) is 13.8 Å². The molecule has 0 aliphatic carbocycles. The molecule has 0 fully saturated rings. The molecule has 2 heterocycles. The molecule has 6 heteroatoms. The Bertz CT molecular complexity index is 480. The van der Waals surface area contributed by atoms with Gasteiger partial charge in [-0.25, -0.2) is 25.8 Å². The first-order valence-electron chi connectivity index (χ1n) is 4.15. The van der Waals surface area contributed by atoms with E-state index >= 15 is 0 Å². The number of nitrogens with one attached hydrogen (secondary N) is 1. The lowest BCUT2D eigenvalue weighted by Crippen LogP contribution is -2.10. The van der Waals surface area contributed by atoms with Crippen LogP contribution in [0.25, 0.3) is 11.2 Å². The topological polar surface area (TPSA) is 89.6 Å². The molecule has 0 aliphatic rings. The summed E-state index contributed by atoms with van der Waals surface area (Å²) < 4.78 is 0. The van der Waals surface area contributed by atoms with Crippen molar-refractivity contribution in [2.24, 2.45) is 5.84 Å². The van der Waals surface area contributed by atoms with Gasteiger partial charge < -0.3 is 5.43 Å². The number of aryl methyl sites for hydroxylation is 2. The molecule has 2 aromatic heterocycles. The Morgan fingerprint density at radius 1 is 1.14 bits per heavy atom. The van der Waals surface area contributed by atoms with Gasteiger partial charge in [-0.15, -0.1) is 0 Å². The van der Waals surface area contributed by atoms with Crippen molar-refractivity contribution in [1.82, 2.24) is 19.9 Å². The number of nitrogens with two attached hydrogens (primary N) is 1. The molecule has 3 N–H and O–H groups in total. The van der Waals surface area contributed by atoms with Crippen LogP contribution in [-0.4, -0.2) is 19.9 Å². The maximum absolute atomic E-state index is 5.30. The first-order chi connectivity index (χ1) is 6.72. The minimum atomic E-state index is 0.491. The lowest BCUT2D eigenvalue weighted by Gasteiger charge is -2.04. The predicted octanol–water partition coefficient (Wildman–Crippen LogP) is 0.322. The number of rotatable bonds is 1. The molecular weight excluding hydrogens is 180 g/mol. The molecule has 0 radical (unpaired) electrons. The van der Waals surface area contributed by atoms with Crippen LogP contribution in [0.5, 0.6) is 0 Å².